The fourth-order valence-corrected chi connectivity index (χ4v) is 6.10. The van der Waals surface area contributed by atoms with Crippen LogP contribution in [0.2, 0.25) is 0 Å². The molecule has 0 aromatic heterocycles. The number of carbonyl (C=O) groups is 3. The highest BCUT2D eigenvalue weighted by molar-refractivity contribution is 5.79. The number of ether oxygens (including phenoxy) is 3. The van der Waals surface area contributed by atoms with E-state index in [9.17, 15) is 19.5 Å². The van der Waals surface area contributed by atoms with E-state index in [1.165, 1.54) is 6.92 Å². The van der Waals surface area contributed by atoms with Gasteiger partial charge in [-0.15, -0.1) is 0 Å². The molecule has 0 unspecified atom stereocenters. The molecule has 11 nitrogen and oxygen atoms in total. The van der Waals surface area contributed by atoms with Crippen LogP contribution in [0, 0.1) is 5.92 Å². The second-order valence-corrected chi connectivity index (χ2v) is 12.4. The molecule has 1 fully saturated rings. The lowest BCUT2D eigenvalue weighted by Crippen LogP contribution is -2.46. The van der Waals surface area contributed by atoms with Crippen LogP contribution >= 0.6 is 0 Å². The van der Waals surface area contributed by atoms with Gasteiger partial charge < -0.3 is 33.6 Å². The molecule has 0 aliphatic carbocycles. The summed E-state index contributed by atoms with van der Waals surface area (Å²) in [5.74, 6) is -0.618. The Hall–Kier alpha value is -3.05. The SMILES string of the molecule is CCCCN(CCC[N+](C)(C)C)C(=O)CN1C[C@H](c2cc(OC)c3c(c2)OCO3)[C@@H](C(=O)O)[C@@H]1CCN(CC)C(C)=O. The second kappa shape index (κ2) is 14.9. The molecule has 11 heteroatoms. The molecule has 0 spiro atoms. The molecule has 0 saturated carbocycles. The van der Waals surface area contributed by atoms with Crippen molar-refractivity contribution >= 4 is 17.8 Å². The fourth-order valence-electron chi connectivity index (χ4n) is 6.10. The van der Waals surface area contributed by atoms with Gasteiger partial charge in [-0.3, -0.25) is 19.3 Å². The minimum absolute atomic E-state index is 0.0156. The zero-order valence-electron chi connectivity index (χ0n) is 26.6. The minimum Gasteiger partial charge on any atom is -0.493 e. The van der Waals surface area contributed by atoms with Gasteiger partial charge in [0.25, 0.3) is 0 Å². The molecule has 2 heterocycles. The Balaban J connectivity index is 1.91. The Morgan fingerprint density at radius 2 is 1.79 bits per heavy atom. The Kier molecular flexibility index (Phi) is 11.9. The maximum absolute atomic E-state index is 13.8. The van der Waals surface area contributed by atoms with E-state index in [2.05, 4.69) is 28.1 Å². The molecule has 1 aromatic rings. The molecule has 1 saturated heterocycles. The lowest BCUT2D eigenvalue weighted by Gasteiger charge is -2.31. The molecule has 1 N–H and O–H groups in total. The van der Waals surface area contributed by atoms with Crippen LogP contribution in [0.25, 0.3) is 0 Å². The first-order chi connectivity index (χ1) is 19.9. The Morgan fingerprint density at radius 3 is 2.38 bits per heavy atom. The molecule has 3 rings (SSSR count). The van der Waals surface area contributed by atoms with Gasteiger partial charge in [-0.1, -0.05) is 13.3 Å². The number of rotatable bonds is 16. The van der Waals surface area contributed by atoms with E-state index in [1.807, 2.05) is 28.9 Å². The number of benzene rings is 1. The van der Waals surface area contributed by atoms with Crippen molar-refractivity contribution in [3.05, 3.63) is 17.7 Å². The summed E-state index contributed by atoms with van der Waals surface area (Å²) in [4.78, 5) is 44.5. The average molecular weight is 592 g/mol. The normalized spacial score (nSPS) is 20.0. The highest BCUT2D eigenvalue weighted by Crippen LogP contribution is 2.47. The third-order valence-corrected chi connectivity index (χ3v) is 8.39. The van der Waals surface area contributed by atoms with Crippen molar-refractivity contribution in [1.82, 2.24) is 14.7 Å². The number of quaternary nitrogens is 1. The van der Waals surface area contributed by atoms with Crippen molar-refractivity contribution < 1.29 is 38.2 Å². The molecule has 2 amide bonds. The van der Waals surface area contributed by atoms with Crippen LogP contribution in [0.15, 0.2) is 12.1 Å². The summed E-state index contributed by atoms with van der Waals surface area (Å²) < 4.78 is 17.6. The van der Waals surface area contributed by atoms with E-state index in [1.54, 1.807) is 12.0 Å². The Morgan fingerprint density at radius 1 is 1.07 bits per heavy atom. The zero-order valence-corrected chi connectivity index (χ0v) is 26.6. The van der Waals surface area contributed by atoms with Crippen LogP contribution in [0.5, 0.6) is 17.2 Å². The topological polar surface area (TPSA) is 109 Å². The molecular formula is C31H51N4O7+. The first-order valence-corrected chi connectivity index (χ1v) is 15.2. The predicted molar refractivity (Wildman–Crippen MR) is 160 cm³/mol. The number of fused-ring (bicyclic) bond motifs is 1. The molecular weight excluding hydrogens is 540 g/mol. The second-order valence-electron chi connectivity index (χ2n) is 12.4. The average Bonchev–Trinajstić information content (AvgIpc) is 3.54. The van der Waals surface area contributed by atoms with Gasteiger partial charge in [0.1, 0.15) is 0 Å². The van der Waals surface area contributed by atoms with Crippen LogP contribution in [0.3, 0.4) is 0 Å². The standard InChI is InChI=1S/C31H50N4O7/c1-8-10-13-33(14-11-16-35(4,5)6)28(37)20-34-19-24(23-17-26(40-7)30-27(18-23)41-21-42-30)29(31(38)39)25(34)12-15-32(9-2)22(3)36/h17-18,24-25,29H,8-16,19-21H2,1-7H3/p+1/t24-,25+,29-/m1/s1. The molecule has 0 radical (unpaired) electrons. The van der Waals surface area contributed by atoms with Crippen molar-refractivity contribution in [3.63, 3.8) is 0 Å². The van der Waals surface area contributed by atoms with Crippen molar-refractivity contribution in [2.45, 2.75) is 58.4 Å². The van der Waals surface area contributed by atoms with Crippen LogP contribution in [0.1, 0.15) is 57.9 Å². The summed E-state index contributed by atoms with van der Waals surface area (Å²) in [6.07, 6.45) is 3.25. The van der Waals surface area contributed by atoms with E-state index in [0.717, 1.165) is 35.9 Å². The predicted octanol–water partition coefficient (Wildman–Crippen LogP) is 2.88. The third-order valence-electron chi connectivity index (χ3n) is 8.39. The number of unbranched alkanes of at least 4 members (excludes halogenated alkanes) is 1. The number of likely N-dealkylation sites (tertiary alicyclic amines) is 1. The number of methoxy groups -OCH3 is 1. The minimum atomic E-state index is -0.923. The van der Waals surface area contributed by atoms with Crippen LogP contribution < -0.4 is 14.2 Å². The quantitative estimate of drug-likeness (QED) is 0.293. The summed E-state index contributed by atoms with van der Waals surface area (Å²) in [5.41, 5.74) is 0.771. The van der Waals surface area contributed by atoms with Gasteiger partial charge in [0.15, 0.2) is 11.5 Å². The highest BCUT2D eigenvalue weighted by Gasteiger charge is 2.47. The van der Waals surface area contributed by atoms with E-state index in [-0.39, 0.29) is 25.2 Å². The number of nitrogens with zero attached hydrogens (tertiary/aromatic N) is 4. The number of hydrogen-bond donors (Lipinski definition) is 1. The lowest BCUT2D eigenvalue weighted by atomic mass is 9.84. The van der Waals surface area contributed by atoms with Gasteiger partial charge in [0, 0.05) is 58.0 Å². The van der Waals surface area contributed by atoms with Crippen LogP contribution in [-0.4, -0.2) is 129 Å². The van der Waals surface area contributed by atoms with Crippen molar-refractivity contribution in [2.24, 2.45) is 5.92 Å². The van der Waals surface area contributed by atoms with Crippen molar-refractivity contribution in [3.8, 4) is 17.2 Å². The molecule has 3 atom stereocenters. The van der Waals surface area contributed by atoms with Crippen LogP contribution in [0.4, 0.5) is 0 Å². The fraction of sp³-hybridized carbons (Fsp3) is 0.710. The highest BCUT2D eigenvalue weighted by atomic mass is 16.7. The summed E-state index contributed by atoms with van der Waals surface area (Å²) in [6.45, 7) is 9.42. The van der Waals surface area contributed by atoms with Gasteiger partial charge in [0.05, 0.1) is 47.3 Å². The van der Waals surface area contributed by atoms with E-state index in [0.29, 0.717) is 56.4 Å². The van der Waals surface area contributed by atoms with Gasteiger partial charge in [-0.25, -0.2) is 0 Å². The summed E-state index contributed by atoms with van der Waals surface area (Å²) in [5, 5.41) is 10.5. The zero-order chi connectivity index (χ0) is 31.0. The number of carboxylic acid groups (broad SMARTS) is 1. The Bertz CT molecular complexity index is 1090. The number of aliphatic carboxylic acids is 1. The monoisotopic (exact) mass is 591 g/mol. The largest absolute Gasteiger partial charge is 0.493 e. The molecule has 2 aliphatic rings. The van der Waals surface area contributed by atoms with Gasteiger partial charge >= 0.3 is 5.97 Å². The number of carbonyl (C=O) groups excluding carboxylic acids is 2. The summed E-state index contributed by atoms with van der Waals surface area (Å²) in [7, 11) is 7.98. The number of carboxylic acids is 1. The maximum Gasteiger partial charge on any atom is 0.308 e. The first-order valence-electron chi connectivity index (χ1n) is 15.2. The maximum atomic E-state index is 13.8. The summed E-state index contributed by atoms with van der Waals surface area (Å²) in [6, 6.07) is 3.23. The number of hydrogen-bond acceptors (Lipinski definition) is 7. The van der Waals surface area contributed by atoms with Gasteiger partial charge in [-0.05, 0) is 37.5 Å². The molecule has 236 valence electrons. The lowest BCUT2D eigenvalue weighted by molar-refractivity contribution is -0.870. The van der Waals surface area contributed by atoms with E-state index >= 15 is 0 Å². The number of amides is 2. The van der Waals surface area contributed by atoms with Crippen molar-refractivity contribution in [2.75, 3.05) is 80.9 Å². The van der Waals surface area contributed by atoms with Gasteiger partial charge in [-0.2, -0.15) is 0 Å². The molecule has 1 aromatic carbocycles. The molecule has 2 aliphatic heterocycles. The summed E-state index contributed by atoms with van der Waals surface area (Å²) >= 11 is 0. The Labute approximate surface area is 250 Å². The first kappa shape index (κ1) is 33.5. The van der Waals surface area contributed by atoms with E-state index in [4.69, 9.17) is 14.2 Å². The smallest absolute Gasteiger partial charge is 0.308 e. The molecule has 0 bridgehead atoms. The van der Waals surface area contributed by atoms with Crippen molar-refractivity contribution in [1.29, 1.82) is 0 Å². The molecule has 42 heavy (non-hydrogen) atoms. The van der Waals surface area contributed by atoms with Crippen LogP contribution in [-0.2, 0) is 14.4 Å². The third kappa shape index (κ3) is 8.50. The van der Waals surface area contributed by atoms with Gasteiger partial charge in [0.2, 0.25) is 24.4 Å². The van der Waals surface area contributed by atoms with E-state index < -0.39 is 23.8 Å².